The Bertz CT molecular complexity index is 403. The highest BCUT2D eigenvalue weighted by Gasteiger charge is 2.13. The maximum absolute atomic E-state index is 5.34. The molecule has 0 aromatic carbocycles. The zero-order chi connectivity index (χ0) is 10.7. The summed E-state index contributed by atoms with van der Waals surface area (Å²) in [7, 11) is 0. The van der Waals surface area contributed by atoms with Crippen molar-refractivity contribution in [2.75, 3.05) is 13.2 Å². The van der Waals surface area contributed by atoms with Gasteiger partial charge in [0.05, 0.1) is 13.2 Å². The van der Waals surface area contributed by atoms with Gasteiger partial charge in [-0.15, -0.1) is 0 Å². The molecule has 2 heterocycles. The van der Waals surface area contributed by atoms with Crippen LogP contribution in [0.15, 0.2) is 0 Å². The number of hydrogen-bond acceptors (Lipinski definition) is 4. The second-order valence-corrected chi connectivity index (χ2v) is 3.77. The summed E-state index contributed by atoms with van der Waals surface area (Å²) in [5, 5.41) is 0. The van der Waals surface area contributed by atoms with Gasteiger partial charge in [-0.25, -0.2) is 4.98 Å². The van der Waals surface area contributed by atoms with Gasteiger partial charge in [0.25, 0.3) is 0 Å². The molecule has 4 nitrogen and oxygen atoms in total. The predicted octanol–water partition coefficient (Wildman–Crippen LogP) is 1.75. The summed E-state index contributed by atoms with van der Waals surface area (Å²) < 4.78 is 11.3. The molecule has 1 aromatic rings. The third kappa shape index (κ3) is 2.42. The highest BCUT2D eigenvalue weighted by molar-refractivity contribution is 7.71. The quantitative estimate of drug-likeness (QED) is 0.798. The smallest absolute Gasteiger partial charge is 0.135 e. The SMILES string of the molecule is CCOCc1nc(=S)c2c([nH]1)CCOC2. The van der Waals surface area contributed by atoms with E-state index in [4.69, 9.17) is 21.7 Å². The summed E-state index contributed by atoms with van der Waals surface area (Å²) in [4.78, 5) is 7.54. The van der Waals surface area contributed by atoms with E-state index in [2.05, 4.69) is 9.97 Å². The van der Waals surface area contributed by atoms with Gasteiger partial charge in [-0.2, -0.15) is 0 Å². The molecule has 15 heavy (non-hydrogen) atoms. The molecule has 1 N–H and O–H groups in total. The lowest BCUT2D eigenvalue weighted by Gasteiger charge is -2.16. The van der Waals surface area contributed by atoms with Gasteiger partial charge in [0.1, 0.15) is 17.1 Å². The fraction of sp³-hybridized carbons (Fsp3) is 0.600. The first-order chi connectivity index (χ1) is 7.31. The van der Waals surface area contributed by atoms with E-state index in [1.807, 2.05) is 6.92 Å². The Labute approximate surface area is 93.6 Å². The number of ether oxygens (including phenoxy) is 2. The lowest BCUT2D eigenvalue weighted by atomic mass is 10.1. The Morgan fingerprint density at radius 2 is 2.47 bits per heavy atom. The first-order valence-electron chi connectivity index (χ1n) is 5.07. The molecule has 5 heteroatoms. The van der Waals surface area contributed by atoms with Crippen LogP contribution in [-0.4, -0.2) is 23.2 Å². The van der Waals surface area contributed by atoms with E-state index < -0.39 is 0 Å². The lowest BCUT2D eigenvalue weighted by molar-refractivity contribution is 0.106. The molecule has 0 saturated carbocycles. The van der Waals surface area contributed by atoms with E-state index in [1.165, 1.54) is 0 Å². The number of nitrogens with one attached hydrogen (secondary N) is 1. The van der Waals surface area contributed by atoms with Gasteiger partial charge < -0.3 is 14.5 Å². The Morgan fingerprint density at radius 1 is 1.60 bits per heavy atom. The molecule has 82 valence electrons. The normalized spacial score (nSPS) is 15.0. The number of nitrogens with zero attached hydrogens (tertiary/aromatic N) is 1. The van der Waals surface area contributed by atoms with Crippen LogP contribution in [0.1, 0.15) is 24.0 Å². The van der Waals surface area contributed by atoms with E-state index in [1.54, 1.807) is 0 Å². The molecule has 0 bridgehead atoms. The van der Waals surface area contributed by atoms with Crippen molar-refractivity contribution in [3.05, 3.63) is 21.7 Å². The fourth-order valence-electron chi connectivity index (χ4n) is 1.57. The first kappa shape index (κ1) is 10.7. The van der Waals surface area contributed by atoms with Crippen molar-refractivity contribution in [2.45, 2.75) is 26.6 Å². The Kier molecular flexibility index (Phi) is 3.45. The Balaban J connectivity index is 2.28. The number of rotatable bonds is 3. The zero-order valence-electron chi connectivity index (χ0n) is 8.71. The highest BCUT2D eigenvalue weighted by atomic mass is 32.1. The van der Waals surface area contributed by atoms with Crippen molar-refractivity contribution >= 4 is 12.2 Å². The standard InChI is InChI=1S/C10H14N2O2S/c1-2-13-6-9-11-8-3-4-14-5-7(8)10(15)12-9/h2-6H2,1H3,(H,11,12,15). The molecule has 0 aliphatic carbocycles. The minimum Gasteiger partial charge on any atom is -0.376 e. The van der Waals surface area contributed by atoms with Gasteiger partial charge in [0.2, 0.25) is 0 Å². The number of aromatic amines is 1. The number of hydrogen-bond donors (Lipinski definition) is 1. The molecule has 0 saturated heterocycles. The fourth-order valence-corrected chi connectivity index (χ4v) is 1.87. The van der Waals surface area contributed by atoms with Crippen LogP contribution in [0.3, 0.4) is 0 Å². The van der Waals surface area contributed by atoms with Gasteiger partial charge in [-0.3, -0.25) is 0 Å². The van der Waals surface area contributed by atoms with Crippen molar-refractivity contribution in [1.82, 2.24) is 9.97 Å². The summed E-state index contributed by atoms with van der Waals surface area (Å²) in [5.74, 6) is 0.808. The summed E-state index contributed by atoms with van der Waals surface area (Å²) in [6.07, 6.45) is 0.876. The third-order valence-corrected chi connectivity index (χ3v) is 2.68. The molecule has 0 unspecified atom stereocenters. The van der Waals surface area contributed by atoms with Crippen LogP contribution in [0.25, 0.3) is 0 Å². The second kappa shape index (κ2) is 4.83. The molecular formula is C10H14N2O2S. The number of H-pyrrole nitrogens is 1. The zero-order valence-corrected chi connectivity index (χ0v) is 9.52. The maximum Gasteiger partial charge on any atom is 0.135 e. The van der Waals surface area contributed by atoms with Gasteiger partial charge in [-0.1, -0.05) is 12.2 Å². The summed E-state index contributed by atoms with van der Waals surface area (Å²) in [6.45, 7) is 4.46. The van der Waals surface area contributed by atoms with Crippen LogP contribution in [0, 0.1) is 4.64 Å². The molecule has 0 atom stereocenters. The molecule has 1 aromatic heterocycles. The first-order valence-corrected chi connectivity index (χ1v) is 5.48. The number of aromatic nitrogens is 2. The predicted molar refractivity (Wildman–Crippen MR) is 58.1 cm³/mol. The Morgan fingerprint density at radius 3 is 3.27 bits per heavy atom. The third-order valence-electron chi connectivity index (χ3n) is 2.34. The van der Waals surface area contributed by atoms with Crippen LogP contribution in [-0.2, 0) is 29.1 Å². The summed E-state index contributed by atoms with van der Waals surface area (Å²) in [6, 6.07) is 0. The molecule has 0 radical (unpaired) electrons. The van der Waals surface area contributed by atoms with E-state index in [0.717, 1.165) is 30.1 Å². The molecule has 0 amide bonds. The highest BCUT2D eigenvalue weighted by Crippen LogP contribution is 2.15. The number of fused-ring (bicyclic) bond motifs is 1. The van der Waals surface area contributed by atoms with Gasteiger partial charge in [0, 0.05) is 24.3 Å². The maximum atomic E-state index is 5.34. The average molecular weight is 226 g/mol. The van der Waals surface area contributed by atoms with Crippen LogP contribution >= 0.6 is 12.2 Å². The van der Waals surface area contributed by atoms with Crippen molar-refractivity contribution in [3.63, 3.8) is 0 Å². The van der Waals surface area contributed by atoms with E-state index in [9.17, 15) is 0 Å². The van der Waals surface area contributed by atoms with Crippen LogP contribution in [0.4, 0.5) is 0 Å². The van der Waals surface area contributed by atoms with Crippen LogP contribution in [0.5, 0.6) is 0 Å². The van der Waals surface area contributed by atoms with Gasteiger partial charge >= 0.3 is 0 Å². The van der Waals surface area contributed by atoms with Gasteiger partial charge in [0.15, 0.2) is 0 Å². The van der Waals surface area contributed by atoms with E-state index in [-0.39, 0.29) is 0 Å². The summed E-state index contributed by atoms with van der Waals surface area (Å²) in [5.41, 5.74) is 2.17. The molecule has 0 fully saturated rings. The minimum absolute atomic E-state index is 0.494. The van der Waals surface area contributed by atoms with Crippen LogP contribution in [0.2, 0.25) is 0 Å². The van der Waals surface area contributed by atoms with Crippen molar-refractivity contribution in [1.29, 1.82) is 0 Å². The molecule has 0 spiro atoms. The van der Waals surface area contributed by atoms with E-state index >= 15 is 0 Å². The molecular weight excluding hydrogens is 212 g/mol. The minimum atomic E-state index is 0.494. The lowest BCUT2D eigenvalue weighted by Crippen LogP contribution is -2.15. The average Bonchev–Trinajstić information content (AvgIpc) is 2.26. The monoisotopic (exact) mass is 226 g/mol. The molecule has 2 rings (SSSR count). The molecule has 1 aliphatic rings. The second-order valence-electron chi connectivity index (χ2n) is 3.39. The largest absolute Gasteiger partial charge is 0.376 e. The van der Waals surface area contributed by atoms with E-state index in [0.29, 0.717) is 24.5 Å². The van der Waals surface area contributed by atoms with Crippen molar-refractivity contribution < 1.29 is 9.47 Å². The Hall–Kier alpha value is -0.780. The van der Waals surface area contributed by atoms with Gasteiger partial charge in [-0.05, 0) is 6.92 Å². The van der Waals surface area contributed by atoms with Crippen molar-refractivity contribution in [3.8, 4) is 0 Å². The van der Waals surface area contributed by atoms with Crippen LogP contribution < -0.4 is 0 Å². The molecule has 1 aliphatic heterocycles. The topological polar surface area (TPSA) is 47.1 Å². The summed E-state index contributed by atoms with van der Waals surface area (Å²) >= 11 is 5.21. The van der Waals surface area contributed by atoms with Crippen molar-refractivity contribution in [2.24, 2.45) is 0 Å².